The van der Waals surface area contributed by atoms with Crippen molar-refractivity contribution in [2.75, 3.05) is 0 Å². The van der Waals surface area contributed by atoms with Gasteiger partial charge in [0.15, 0.2) is 0 Å². The summed E-state index contributed by atoms with van der Waals surface area (Å²) >= 11 is 2.46. The van der Waals surface area contributed by atoms with Crippen molar-refractivity contribution >= 4 is 32.7 Å². The van der Waals surface area contributed by atoms with Gasteiger partial charge >= 0.3 is 75.9 Å². The molecule has 0 aromatic rings. The van der Waals surface area contributed by atoms with Gasteiger partial charge in [0.2, 0.25) is 0 Å². The summed E-state index contributed by atoms with van der Waals surface area (Å²) in [5.41, 5.74) is 0. The number of rotatable bonds is 2. The first-order valence-electron chi connectivity index (χ1n) is 3.87. The summed E-state index contributed by atoms with van der Waals surface area (Å²) in [4.78, 5) is 0. The van der Waals surface area contributed by atoms with Crippen LogP contribution in [0.15, 0.2) is 0 Å². The predicted octanol–water partition coefficient (Wildman–Crippen LogP) is 2.70. The fourth-order valence-corrected chi connectivity index (χ4v) is 11.7. The van der Waals surface area contributed by atoms with Crippen molar-refractivity contribution in [1.82, 2.24) is 0 Å². The summed E-state index contributed by atoms with van der Waals surface area (Å²) in [6, 6.07) is 0. The van der Waals surface area contributed by atoms with Gasteiger partial charge in [-0.15, -0.1) is 0 Å². The Bertz CT molecular complexity index is 95.8. The van der Waals surface area contributed by atoms with Gasteiger partial charge in [0.1, 0.15) is 0 Å². The molecular weight excluding hydrogens is 213 g/mol. The van der Waals surface area contributed by atoms with Crippen LogP contribution in [0.4, 0.5) is 0 Å². The maximum atomic E-state index is 2.48. The number of hydrogen-bond acceptors (Lipinski definition) is 0. The Labute approximate surface area is 76.0 Å². The monoisotopic (exact) mass is 233 g/mol. The van der Waals surface area contributed by atoms with E-state index in [1.165, 1.54) is 0 Å². The summed E-state index contributed by atoms with van der Waals surface area (Å²) in [6.45, 7) is 14.9. The van der Waals surface area contributed by atoms with Gasteiger partial charge in [-0.1, -0.05) is 0 Å². The standard InChI is InChI=1S/C7H19GeSi2/c1-9(2,3)7(8)10(4,5)6/h7H,1-6H3. The molecule has 3 radical (unpaired) electrons. The van der Waals surface area contributed by atoms with Crippen LogP contribution in [0, 0.1) is 0 Å². The first-order chi connectivity index (χ1) is 4.15. The van der Waals surface area contributed by atoms with E-state index in [9.17, 15) is 0 Å². The van der Waals surface area contributed by atoms with E-state index in [1.807, 2.05) is 0 Å². The molecule has 3 heteroatoms. The van der Waals surface area contributed by atoms with E-state index in [1.54, 1.807) is 0 Å². The van der Waals surface area contributed by atoms with Crippen LogP contribution < -0.4 is 0 Å². The Hall–Kier alpha value is 0.977. The van der Waals surface area contributed by atoms with E-state index < -0.39 is 16.1 Å². The molecule has 0 rings (SSSR count). The molecule has 0 N–H and O–H groups in total. The molecule has 0 atom stereocenters. The molecule has 0 unspecified atom stereocenters. The van der Waals surface area contributed by atoms with Crippen LogP contribution >= 0.6 is 0 Å². The zero-order valence-corrected chi connectivity index (χ0v) is 12.2. The third kappa shape index (κ3) is 3.39. The van der Waals surface area contributed by atoms with E-state index in [2.05, 4.69) is 55.8 Å². The summed E-state index contributed by atoms with van der Waals surface area (Å²) in [5, 5.41) is 0. The molecule has 0 aliphatic rings. The Morgan fingerprint density at radius 1 is 0.800 bits per heavy atom. The second-order valence-electron chi connectivity index (χ2n) is 5.17. The topological polar surface area (TPSA) is 0 Å². The van der Waals surface area contributed by atoms with Crippen molar-refractivity contribution < 1.29 is 0 Å². The minimum absolute atomic E-state index is 0.834. The fourth-order valence-electron chi connectivity index (χ4n) is 1.30. The first-order valence-corrected chi connectivity index (χ1v) is 12.2. The average Bonchev–Trinajstić information content (AvgIpc) is 1.59. The van der Waals surface area contributed by atoms with E-state index in [0.717, 1.165) is 4.00 Å². The van der Waals surface area contributed by atoms with E-state index >= 15 is 0 Å². The van der Waals surface area contributed by atoms with Crippen LogP contribution in [0.25, 0.3) is 0 Å². The predicted molar refractivity (Wildman–Crippen MR) is 56.2 cm³/mol. The van der Waals surface area contributed by atoms with Gasteiger partial charge < -0.3 is 0 Å². The van der Waals surface area contributed by atoms with Crippen LogP contribution in [0.3, 0.4) is 0 Å². The van der Waals surface area contributed by atoms with Gasteiger partial charge in [0.05, 0.1) is 0 Å². The molecule has 59 valence electrons. The molecule has 0 fully saturated rings. The van der Waals surface area contributed by atoms with Crippen LogP contribution in [0.1, 0.15) is 0 Å². The SMILES string of the molecule is C[Si](C)(C)[CH]([Ge])[Si](C)(C)C. The Kier molecular flexibility index (Phi) is 3.46. The van der Waals surface area contributed by atoms with Crippen LogP contribution in [-0.2, 0) is 0 Å². The Balaban J connectivity index is 4.23. The number of hydrogen-bond donors (Lipinski definition) is 0. The maximum absolute atomic E-state index is 2.48. The molecule has 0 saturated heterocycles. The van der Waals surface area contributed by atoms with Crippen molar-refractivity contribution in [1.29, 1.82) is 0 Å². The van der Waals surface area contributed by atoms with Gasteiger partial charge in [0.25, 0.3) is 0 Å². The molecule has 0 aliphatic heterocycles. The quantitative estimate of drug-likeness (QED) is 0.642. The Morgan fingerprint density at radius 2 is 1.00 bits per heavy atom. The summed E-state index contributed by atoms with van der Waals surface area (Å²) < 4.78 is 1.04. The molecular formula is C7H19GeSi2. The zero-order chi connectivity index (χ0) is 8.58. The van der Waals surface area contributed by atoms with Crippen LogP contribution in [-0.4, -0.2) is 32.7 Å². The average molecular weight is 232 g/mol. The molecule has 0 aliphatic carbocycles. The third-order valence-corrected chi connectivity index (χ3v) is 21.3. The normalized spacial score (nSPS) is 14.4. The van der Waals surface area contributed by atoms with E-state index in [-0.39, 0.29) is 0 Å². The first kappa shape index (κ1) is 11.0. The molecule has 0 spiro atoms. The molecule has 0 bridgehead atoms. The molecule has 10 heavy (non-hydrogen) atoms. The van der Waals surface area contributed by atoms with Crippen LogP contribution in [0.2, 0.25) is 43.3 Å². The van der Waals surface area contributed by atoms with Crippen LogP contribution in [0.5, 0.6) is 0 Å². The zero-order valence-electron chi connectivity index (χ0n) is 8.08. The molecule has 0 aromatic carbocycles. The van der Waals surface area contributed by atoms with Crippen molar-refractivity contribution in [3.63, 3.8) is 0 Å². The van der Waals surface area contributed by atoms with Crippen molar-refractivity contribution in [3.05, 3.63) is 0 Å². The molecule has 0 saturated carbocycles. The summed E-state index contributed by atoms with van der Waals surface area (Å²) in [5.74, 6) is 0. The molecule has 0 aromatic heterocycles. The van der Waals surface area contributed by atoms with Gasteiger partial charge in [-0.05, 0) is 0 Å². The summed E-state index contributed by atoms with van der Waals surface area (Å²) in [6.07, 6.45) is 0. The van der Waals surface area contributed by atoms with Gasteiger partial charge in [-0.3, -0.25) is 0 Å². The second kappa shape index (κ2) is 3.15. The van der Waals surface area contributed by atoms with Crippen molar-refractivity contribution in [2.24, 2.45) is 0 Å². The third-order valence-electron chi connectivity index (χ3n) is 1.73. The molecule has 0 amide bonds. The van der Waals surface area contributed by atoms with E-state index in [0.29, 0.717) is 0 Å². The van der Waals surface area contributed by atoms with Gasteiger partial charge in [0, 0.05) is 0 Å². The second-order valence-corrected chi connectivity index (χ2v) is 20.0. The molecule has 0 heterocycles. The van der Waals surface area contributed by atoms with E-state index in [4.69, 9.17) is 0 Å². The van der Waals surface area contributed by atoms with Crippen molar-refractivity contribution in [3.8, 4) is 0 Å². The minimum atomic E-state index is -0.834. The summed E-state index contributed by atoms with van der Waals surface area (Å²) in [7, 11) is -1.67. The Morgan fingerprint density at radius 3 is 1.00 bits per heavy atom. The van der Waals surface area contributed by atoms with Gasteiger partial charge in [-0.2, -0.15) is 0 Å². The van der Waals surface area contributed by atoms with Gasteiger partial charge in [-0.25, -0.2) is 0 Å². The van der Waals surface area contributed by atoms with Crippen molar-refractivity contribution in [2.45, 2.75) is 43.3 Å². The molecule has 0 nitrogen and oxygen atoms in total. The fraction of sp³-hybridized carbons (Fsp3) is 1.00.